The highest BCUT2D eigenvalue weighted by Crippen LogP contribution is 2.16. The minimum absolute atomic E-state index is 0.0912. The summed E-state index contributed by atoms with van der Waals surface area (Å²) in [6.45, 7) is 3.83. The first-order valence-electron chi connectivity index (χ1n) is 5.79. The van der Waals surface area contributed by atoms with Gasteiger partial charge >= 0.3 is 0 Å². The van der Waals surface area contributed by atoms with Crippen molar-refractivity contribution in [1.82, 2.24) is 15.0 Å². The minimum Gasteiger partial charge on any atom is -0.327 e. The van der Waals surface area contributed by atoms with Gasteiger partial charge in [0, 0.05) is 23.7 Å². The second-order valence-corrected chi connectivity index (χ2v) is 4.48. The van der Waals surface area contributed by atoms with Crippen LogP contribution < -0.4 is 11.1 Å². The Labute approximate surface area is 104 Å². The fourth-order valence-corrected chi connectivity index (χ4v) is 1.98. The van der Waals surface area contributed by atoms with Crippen LogP contribution in [0.5, 0.6) is 0 Å². The molecule has 0 fully saturated rings. The van der Waals surface area contributed by atoms with E-state index in [2.05, 4.69) is 15.0 Å². The average molecular weight is 245 g/mol. The van der Waals surface area contributed by atoms with Crippen molar-refractivity contribution in [2.45, 2.75) is 26.2 Å². The van der Waals surface area contributed by atoms with E-state index in [1.54, 1.807) is 6.07 Å². The van der Waals surface area contributed by atoms with Crippen molar-refractivity contribution in [1.29, 1.82) is 0 Å². The first-order chi connectivity index (χ1) is 8.54. The maximum atomic E-state index is 11.4. The number of nitrogens with zero attached hydrogens (tertiary/aromatic N) is 1. The van der Waals surface area contributed by atoms with Gasteiger partial charge < -0.3 is 9.97 Å². The smallest absolute Gasteiger partial charge is 0.250 e. The highest BCUT2D eigenvalue weighted by Gasteiger charge is 2.09. The Balaban J connectivity index is 2.23. The number of hydrogen-bond acceptors (Lipinski definition) is 3. The Morgan fingerprint density at radius 1 is 1.22 bits per heavy atom. The summed E-state index contributed by atoms with van der Waals surface area (Å²) in [5.74, 6) is 0.0912. The molecule has 2 N–H and O–H groups in total. The molecule has 0 aliphatic rings. The molecule has 1 unspecified atom stereocenters. The molecule has 2 rings (SSSR count). The van der Waals surface area contributed by atoms with E-state index in [1.165, 1.54) is 12.4 Å². The third-order valence-corrected chi connectivity index (χ3v) is 2.78. The first-order valence-corrected chi connectivity index (χ1v) is 5.79. The summed E-state index contributed by atoms with van der Waals surface area (Å²) < 4.78 is 0. The molecule has 5 nitrogen and oxygen atoms in total. The lowest BCUT2D eigenvalue weighted by molar-refractivity contribution is 0.721. The second kappa shape index (κ2) is 5.00. The van der Waals surface area contributed by atoms with Crippen LogP contribution >= 0.6 is 0 Å². The summed E-state index contributed by atoms with van der Waals surface area (Å²) in [6, 6.07) is 5.01. The number of H-pyrrole nitrogens is 2. The van der Waals surface area contributed by atoms with Gasteiger partial charge in [0.2, 0.25) is 5.56 Å². The van der Waals surface area contributed by atoms with Crippen molar-refractivity contribution < 1.29 is 0 Å². The molecule has 0 aliphatic carbocycles. The molecule has 0 amide bonds. The van der Waals surface area contributed by atoms with Crippen LogP contribution in [0.3, 0.4) is 0 Å². The van der Waals surface area contributed by atoms with Crippen LogP contribution in [-0.2, 0) is 6.42 Å². The first kappa shape index (κ1) is 12.3. The molecule has 2 heterocycles. The fraction of sp³-hybridized carbons (Fsp3) is 0.308. The lowest BCUT2D eigenvalue weighted by Crippen LogP contribution is -2.12. The summed E-state index contributed by atoms with van der Waals surface area (Å²) in [5, 5.41) is 0. The molecule has 18 heavy (non-hydrogen) atoms. The molecule has 5 heteroatoms. The number of aryl methyl sites for hydroxylation is 1. The number of rotatable bonds is 3. The lowest BCUT2D eigenvalue weighted by atomic mass is 9.98. The van der Waals surface area contributed by atoms with Gasteiger partial charge in [-0.05, 0) is 25.0 Å². The van der Waals surface area contributed by atoms with Crippen LogP contribution in [0, 0.1) is 6.92 Å². The van der Waals surface area contributed by atoms with Gasteiger partial charge in [-0.25, -0.2) is 4.98 Å². The number of nitrogens with one attached hydrogen (secondary N) is 2. The SMILES string of the molecule is Cc1cc(CC(C)c2cc(=O)[nH]cn2)cc(=O)[nH]1. The summed E-state index contributed by atoms with van der Waals surface area (Å²) in [6.07, 6.45) is 2.08. The van der Waals surface area contributed by atoms with Crippen LogP contribution in [0.4, 0.5) is 0 Å². The zero-order valence-corrected chi connectivity index (χ0v) is 10.4. The molecule has 0 saturated carbocycles. The quantitative estimate of drug-likeness (QED) is 0.850. The summed E-state index contributed by atoms with van der Waals surface area (Å²) in [7, 11) is 0. The predicted molar refractivity (Wildman–Crippen MR) is 68.8 cm³/mol. The molecule has 94 valence electrons. The molecule has 0 bridgehead atoms. The highest BCUT2D eigenvalue weighted by atomic mass is 16.1. The summed E-state index contributed by atoms with van der Waals surface area (Å²) >= 11 is 0. The number of aromatic amines is 2. The normalized spacial score (nSPS) is 12.3. The second-order valence-electron chi connectivity index (χ2n) is 4.48. The average Bonchev–Trinajstić information content (AvgIpc) is 2.27. The molecule has 0 saturated heterocycles. The fourth-order valence-electron chi connectivity index (χ4n) is 1.98. The molecule has 0 aliphatic heterocycles. The van der Waals surface area contributed by atoms with Gasteiger partial charge in [-0.1, -0.05) is 6.92 Å². The topological polar surface area (TPSA) is 78.6 Å². The molecule has 1 atom stereocenters. The summed E-state index contributed by atoms with van der Waals surface area (Å²) in [4.78, 5) is 31.9. The van der Waals surface area contributed by atoms with E-state index in [4.69, 9.17) is 0 Å². The van der Waals surface area contributed by atoms with Crippen LogP contribution in [0.15, 0.2) is 34.1 Å². The van der Waals surface area contributed by atoms with E-state index < -0.39 is 0 Å². The monoisotopic (exact) mass is 245 g/mol. The van der Waals surface area contributed by atoms with E-state index in [0.717, 1.165) is 17.0 Å². The van der Waals surface area contributed by atoms with Gasteiger partial charge in [0.05, 0.1) is 12.0 Å². The van der Waals surface area contributed by atoms with Crippen LogP contribution in [-0.4, -0.2) is 15.0 Å². The molecular weight excluding hydrogens is 230 g/mol. The van der Waals surface area contributed by atoms with E-state index >= 15 is 0 Å². The van der Waals surface area contributed by atoms with Gasteiger partial charge in [0.25, 0.3) is 5.56 Å². The molecular formula is C13H15N3O2. The van der Waals surface area contributed by atoms with Crippen molar-refractivity contribution in [3.63, 3.8) is 0 Å². The molecule has 0 spiro atoms. The predicted octanol–water partition coefficient (Wildman–Crippen LogP) is 1.11. The van der Waals surface area contributed by atoms with Gasteiger partial charge in [0.15, 0.2) is 0 Å². The van der Waals surface area contributed by atoms with Gasteiger partial charge in [-0.2, -0.15) is 0 Å². The standard InChI is InChI=1S/C13H15N3O2/c1-8(11-6-12(17)15-7-14-11)3-10-4-9(2)16-13(18)5-10/h4-8H,3H2,1-2H3,(H,16,18)(H,14,15,17). The lowest BCUT2D eigenvalue weighted by Gasteiger charge is -2.10. The molecule has 0 aromatic carbocycles. The van der Waals surface area contributed by atoms with Crippen LogP contribution in [0.25, 0.3) is 0 Å². The number of pyridine rings is 1. The Morgan fingerprint density at radius 2 is 2.00 bits per heavy atom. The van der Waals surface area contributed by atoms with Crippen molar-refractivity contribution in [2.24, 2.45) is 0 Å². The zero-order valence-electron chi connectivity index (χ0n) is 10.4. The van der Waals surface area contributed by atoms with Gasteiger partial charge in [-0.3, -0.25) is 9.59 Å². The summed E-state index contributed by atoms with van der Waals surface area (Å²) in [5.41, 5.74) is 2.26. The van der Waals surface area contributed by atoms with Crippen molar-refractivity contribution in [2.75, 3.05) is 0 Å². The minimum atomic E-state index is -0.158. The van der Waals surface area contributed by atoms with E-state index in [9.17, 15) is 9.59 Å². The Hall–Kier alpha value is -2.17. The van der Waals surface area contributed by atoms with E-state index in [-0.39, 0.29) is 17.0 Å². The molecule has 0 radical (unpaired) electrons. The van der Waals surface area contributed by atoms with Crippen molar-refractivity contribution >= 4 is 0 Å². The number of hydrogen-bond donors (Lipinski definition) is 2. The van der Waals surface area contributed by atoms with Crippen molar-refractivity contribution in [3.8, 4) is 0 Å². The maximum absolute atomic E-state index is 11.4. The van der Waals surface area contributed by atoms with E-state index in [1.807, 2.05) is 19.9 Å². The number of aromatic nitrogens is 3. The Morgan fingerprint density at radius 3 is 2.67 bits per heavy atom. The van der Waals surface area contributed by atoms with Crippen molar-refractivity contribution in [3.05, 3.63) is 62.2 Å². The zero-order chi connectivity index (χ0) is 13.1. The van der Waals surface area contributed by atoms with Crippen LogP contribution in [0.2, 0.25) is 0 Å². The van der Waals surface area contributed by atoms with E-state index in [0.29, 0.717) is 6.42 Å². The van der Waals surface area contributed by atoms with Crippen LogP contribution in [0.1, 0.15) is 29.8 Å². The third kappa shape index (κ3) is 2.94. The molecule has 2 aromatic heterocycles. The molecule has 2 aromatic rings. The Bertz CT molecular complexity index is 658. The third-order valence-electron chi connectivity index (χ3n) is 2.78. The largest absolute Gasteiger partial charge is 0.327 e. The van der Waals surface area contributed by atoms with Gasteiger partial charge in [-0.15, -0.1) is 0 Å². The highest BCUT2D eigenvalue weighted by molar-refractivity contribution is 5.19. The maximum Gasteiger partial charge on any atom is 0.250 e. The Kier molecular flexibility index (Phi) is 3.41. The van der Waals surface area contributed by atoms with Gasteiger partial charge in [0.1, 0.15) is 0 Å².